The van der Waals surface area contributed by atoms with Crippen molar-refractivity contribution in [2.45, 2.75) is 36.6 Å². The van der Waals surface area contributed by atoms with E-state index in [0.29, 0.717) is 11.7 Å². The van der Waals surface area contributed by atoms with Crippen molar-refractivity contribution in [3.8, 4) is 0 Å². The Balaban J connectivity index is 1.87. The van der Waals surface area contributed by atoms with Gasteiger partial charge in [0.1, 0.15) is 10.0 Å². The molecule has 23 heavy (non-hydrogen) atoms. The molecule has 0 bridgehead atoms. The molecular weight excluding hydrogens is 332 g/mol. The van der Waals surface area contributed by atoms with Gasteiger partial charge in [0.05, 0.1) is 0 Å². The zero-order valence-corrected chi connectivity index (χ0v) is 14.3. The van der Waals surface area contributed by atoms with Crippen LogP contribution in [-0.4, -0.2) is 30.3 Å². The molecule has 1 aromatic heterocycles. The predicted octanol–water partition coefficient (Wildman–Crippen LogP) is 3.52. The van der Waals surface area contributed by atoms with E-state index in [0.717, 1.165) is 31.2 Å². The van der Waals surface area contributed by atoms with Gasteiger partial charge in [-0.05, 0) is 37.0 Å². The second-order valence-electron chi connectivity index (χ2n) is 5.77. The molecule has 6 heteroatoms. The van der Waals surface area contributed by atoms with E-state index >= 15 is 0 Å². The van der Waals surface area contributed by atoms with Gasteiger partial charge in [0.2, 0.25) is 10.0 Å². The van der Waals surface area contributed by atoms with Gasteiger partial charge in [-0.3, -0.25) is 0 Å². The summed E-state index contributed by atoms with van der Waals surface area (Å²) >= 11 is 5.76. The minimum atomic E-state index is -3.54. The Kier molecular flexibility index (Phi) is 4.99. The molecule has 0 amide bonds. The minimum Gasteiger partial charge on any atom is -0.243 e. The Morgan fingerprint density at radius 2 is 1.91 bits per heavy atom. The summed E-state index contributed by atoms with van der Waals surface area (Å²) in [6.07, 6.45) is 4.91. The van der Waals surface area contributed by atoms with E-state index in [1.165, 1.54) is 18.3 Å². The molecule has 122 valence electrons. The van der Waals surface area contributed by atoms with Gasteiger partial charge < -0.3 is 0 Å². The van der Waals surface area contributed by atoms with Crippen molar-refractivity contribution in [1.29, 1.82) is 0 Å². The fraction of sp³-hybridized carbons (Fsp3) is 0.353. The number of rotatable bonds is 4. The van der Waals surface area contributed by atoms with Crippen LogP contribution in [0.1, 0.15) is 24.8 Å². The maximum absolute atomic E-state index is 12.9. The van der Waals surface area contributed by atoms with Crippen LogP contribution in [0, 0.1) is 0 Å². The highest BCUT2D eigenvalue weighted by Crippen LogP contribution is 2.27. The molecule has 1 fully saturated rings. The summed E-state index contributed by atoms with van der Waals surface area (Å²) in [5.41, 5.74) is 1.16. The van der Waals surface area contributed by atoms with Gasteiger partial charge in [-0.25, -0.2) is 13.4 Å². The number of hydrogen-bond acceptors (Lipinski definition) is 3. The van der Waals surface area contributed by atoms with Crippen molar-refractivity contribution < 1.29 is 8.42 Å². The van der Waals surface area contributed by atoms with Crippen LogP contribution in [0.15, 0.2) is 53.6 Å². The lowest BCUT2D eigenvalue weighted by Gasteiger charge is -2.34. The summed E-state index contributed by atoms with van der Waals surface area (Å²) < 4.78 is 27.5. The highest BCUT2D eigenvalue weighted by atomic mass is 35.5. The summed E-state index contributed by atoms with van der Waals surface area (Å²) in [5.74, 6) is 0. The van der Waals surface area contributed by atoms with E-state index in [-0.39, 0.29) is 10.9 Å². The lowest BCUT2D eigenvalue weighted by molar-refractivity contribution is 0.251. The van der Waals surface area contributed by atoms with Crippen LogP contribution in [0.5, 0.6) is 0 Å². The molecule has 0 radical (unpaired) electrons. The first kappa shape index (κ1) is 16.4. The normalized spacial score (nSPS) is 19.6. The molecular formula is C17H19ClN2O2S. The Labute approximate surface area is 142 Å². The molecule has 0 saturated carbocycles. The second kappa shape index (κ2) is 6.99. The number of halogens is 1. The van der Waals surface area contributed by atoms with Crippen molar-refractivity contribution in [1.82, 2.24) is 9.29 Å². The van der Waals surface area contributed by atoms with Crippen LogP contribution in [0.25, 0.3) is 0 Å². The summed E-state index contributed by atoms with van der Waals surface area (Å²) in [5, 5.41) is 0.295. The van der Waals surface area contributed by atoms with Crippen LogP contribution >= 0.6 is 11.6 Å². The van der Waals surface area contributed by atoms with Crippen LogP contribution < -0.4 is 0 Å². The van der Waals surface area contributed by atoms with Gasteiger partial charge in [0.15, 0.2) is 0 Å². The first-order valence-electron chi connectivity index (χ1n) is 7.75. The third-order valence-electron chi connectivity index (χ3n) is 4.19. The monoisotopic (exact) mass is 350 g/mol. The van der Waals surface area contributed by atoms with Crippen molar-refractivity contribution in [2.24, 2.45) is 0 Å². The number of nitrogens with zero attached hydrogens (tertiary/aromatic N) is 2. The number of sulfonamides is 1. The molecule has 0 aliphatic carbocycles. The van der Waals surface area contributed by atoms with E-state index in [1.54, 1.807) is 4.31 Å². The summed E-state index contributed by atoms with van der Waals surface area (Å²) in [6.45, 7) is 0.558. The average Bonchev–Trinajstić information content (AvgIpc) is 2.56. The molecule has 2 heterocycles. The molecule has 0 spiro atoms. The second-order valence-corrected chi connectivity index (χ2v) is 8.05. The predicted molar refractivity (Wildman–Crippen MR) is 90.9 cm³/mol. The van der Waals surface area contributed by atoms with Crippen LogP contribution in [0.4, 0.5) is 0 Å². The highest BCUT2D eigenvalue weighted by molar-refractivity contribution is 7.89. The Morgan fingerprint density at radius 3 is 2.61 bits per heavy atom. The SMILES string of the molecule is O=S(=O)(c1ccc(Cl)nc1)N1CCCCC1Cc1ccccc1. The maximum Gasteiger partial charge on any atom is 0.244 e. The smallest absolute Gasteiger partial charge is 0.243 e. The number of benzene rings is 1. The molecule has 1 aromatic carbocycles. The molecule has 2 aromatic rings. The topological polar surface area (TPSA) is 50.3 Å². The Morgan fingerprint density at radius 1 is 1.13 bits per heavy atom. The van der Waals surface area contributed by atoms with Crippen molar-refractivity contribution in [3.05, 3.63) is 59.4 Å². The molecule has 1 aliphatic rings. The molecule has 1 saturated heterocycles. The Bertz CT molecular complexity index is 748. The van der Waals surface area contributed by atoms with Gasteiger partial charge in [0, 0.05) is 18.8 Å². The standard InChI is InChI=1S/C17H19ClN2O2S/c18-17-10-9-16(13-19-17)23(21,22)20-11-5-4-8-15(20)12-14-6-2-1-3-7-14/h1-3,6-7,9-10,13,15H,4-5,8,11-12H2. The van der Waals surface area contributed by atoms with E-state index in [4.69, 9.17) is 11.6 Å². The fourth-order valence-corrected chi connectivity index (χ4v) is 4.78. The lowest BCUT2D eigenvalue weighted by atomic mass is 9.98. The van der Waals surface area contributed by atoms with Gasteiger partial charge in [-0.15, -0.1) is 0 Å². The van der Waals surface area contributed by atoms with E-state index < -0.39 is 10.0 Å². The van der Waals surface area contributed by atoms with Gasteiger partial charge in [-0.2, -0.15) is 4.31 Å². The van der Waals surface area contributed by atoms with E-state index in [9.17, 15) is 8.42 Å². The molecule has 3 rings (SSSR count). The van der Waals surface area contributed by atoms with E-state index in [1.807, 2.05) is 30.3 Å². The fourth-order valence-electron chi connectivity index (χ4n) is 3.03. The third-order valence-corrected chi connectivity index (χ3v) is 6.35. The lowest BCUT2D eigenvalue weighted by Crippen LogP contribution is -2.44. The quantitative estimate of drug-likeness (QED) is 0.793. The van der Waals surface area contributed by atoms with Crippen LogP contribution in [0.2, 0.25) is 5.15 Å². The van der Waals surface area contributed by atoms with Gasteiger partial charge in [0.25, 0.3) is 0 Å². The summed E-state index contributed by atoms with van der Waals surface area (Å²) in [7, 11) is -3.54. The highest BCUT2D eigenvalue weighted by Gasteiger charge is 2.33. The molecule has 1 atom stereocenters. The van der Waals surface area contributed by atoms with Crippen molar-refractivity contribution in [3.63, 3.8) is 0 Å². The molecule has 4 nitrogen and oxygen atoms in total. The first-order chi connectivity index (χ1) is 11.1. The maximum atomic E-state index is 12.9. The average molecular weight is 351 g/mol. The van der Waals surface area contributed by atoms with Gasteiger partial charge in [-0.1, -0.05) is 48.4 Å². The summed E-state index contributed by atoms with van der Waals surface area (Å²) in [4.78, 5) is 4.12. The molecule has 1 unspecified atom stereocenters. The minimum absolute atomic E-state index is 0.00757. The summed E-state index contributed by atoms with van der Waals surface area (Å²) in [6, 6.07) is 13.1. The van der Waals surface area contributed by atoms with Crippen molar-refractivity contribution >= 4 is 21.6 Å². The Hall–Kier alpha value is -1.43. The van der Waals surface area contributed by atoms with Crippen LogP contribution in [0.3, 0.4) is 0 Å². The zero-order valence-electron chi connectivity index (χ0n) is 12.7. The first-order valence-corrected chi connectivity index (χ1v) is 9.56. The number of aromatic nitrogens is 1. The zero-order chi connectivity index (χ0) is 16.3. The number of piperidine rings is 1. The molecule has 0 N–H and O–H groups in total. The number of hydrogen-bond donors (Lipinski definition) is 0. The number of pyridine rings is 1. The third kappa shape index (κ3) is 3.74. The van der Waals surface area contributed by atoms with E-state index in [2.05, 4.69) is 4.98 Å². The van der Waals surface area contributed by atoms with Crippen molar-refractivity contribution in [2.75, 3.05) is 6.54 Å². The van der Waals surface area contributed by atoms with Gasteiger partial charge >= 0.3 is 0 Å². The van der Waals surface area contributed by atoms with Crippen LogP contribution in [-0.2, 0) is 16.4 Å². The largest absolute Gasteiger partial charge is 0.244 e. The molecule has 1 aliphatic heterocycles.